The zero-order valence-corrected chi connectivity index (χ0v) is 17.8. The molecule has 0 aliphatic rings. The van der Waals surface area contributed by atoms with E-state index in [0.717, 1.165) is 21.8 Å². The van der Waals surface area contributed by atoms with Crippen molar-refractivity contribution >= 4 is 28.8 Å². The van der Waals surface area contributed by atoms with Crippen molar-refractivity contribution in [2.45, 2.75) is 33.7 Å². The Labute approximate surface area is 175 Å². The van der Waals surface area contributed by atoms with Crippen LogP contribution < -0.4 is 10.6 Å². The van der Waals surface area contributed by atoms with Crippen LogP contribution in [-0.2, 0) is 4.79 Å². The summed E-state index contributed by atoms with van der Waals surface area (Å²) in [5.41, 5.74) is 4.05. The summed E-state index contributed by atoms with van der Waals surface area (Å²) in [6, 6.07) is 14.3. The number of hydrogen-bond acceptors (Lipinski definition) is 4. The van der Waals surface area contributed by atoms with E-state index in [2.05, 4.69) is 15.6 Å². The molecule has 1 aromatic heterocycles. The molecular weight excluding hydrogens is 382 g/mol. The second-order valence-electron chi connectivity index (χ2n) is 7.39. The van der Waals surface area contributed by atoms with Gasteiger partial charge in [-0.15, -0.1) is 11.3 Å². The van der Waals surface area contributed by atoms with E-state index < -0.39 is 6.04 Å². The molecule has 1 heterocycles. The van der Waals surface area contributed by atoms with Gasteiger partial charge in [0.2, 0.25) is 5.91 Å². The summed E-state index contributed by atoms with van der Waals surface area (Å²) in [5, 5.41) is 8.79. The summed E-state index contributed by atoms with van der Waals surface area (Å²) < 4.78 is 0. The Morgan fingerprint density at radius 2 is 1.79 bits per heavy atom. The van der Waals surface area contributed by atoms with Gasteiger partial charge in [0, 0.05) is 22.2 Å². The fourth-order valence-electron chi connectivity index (χ4n) is 3.02. The van der Waals surface area contributed by atoms with Crippen LogP contribution in [-0.4, -0.2) is 22.8 Å². The van der Waals surface area contributed by atoms with Crippen molar-refractivity contribution in [2.75, 3.05) is 5.32 Å². The molecule has 0 saturated carbocycles. The average Bonchev–Trinajstić information content (AvgIpc) is 3.12. The topological polar surface area (TPSA) is 71.1 Å². The van der Waals surface area contributed by atoms with Crippen molar-refractivity contribution in [1.29, 1.82) is 0 Å². The van der Waals surface area contributed by atoms with Gasteiger partial charge in [0.15, 0.2) is 0 Å². The van der Waals surface area contributed by atoms with E-state index in [0.29, 0.717) is 11.3 Å². The summed E-state index contributed by atoms with van der Waals surface area (Å²) in [5.74, 6) is -0.560. The van der Waals surface area contributed by atoms with Gasteiger partial charge in [-0.2, -0.15) is 0 Å². The molecule has 1 unspecified atom stereocenters. The van der Waals surface area contributed by atoms with Crippen LogP contribution >= 0.6 is 11.3 Å². The number of benzene rings is 2. The number of carbonyl (C=O) groups is 2. The molecule has 1 atom stereocenters. The van der Waals surface area contributed by atoms with E-state index in [1.54, 1.807) is 17.4 Å². The molecule has 29 heavy (non-hydrogen) atoms. The minimum absolute atomic E-state index is 0.0619. The van der Waals surface area contributed by atoms with Crippen LogP contribution in [0, 0.1) is 19.8 Å². The predicted molar refractivity (Wildman–Crippen MR) is 118 cm³/mol. The highest BCUT2D eigenvalue weighted by Crippen LogP contribution is 2.24. The van der Waals surface area contributed by atoms with E-state index >= 15 is 0 Å². The molecule has 3 aromatic rings. The number of amides is 2. The third kappa shape index (κ3) is 5.29. The SMILES string of the molecule is Cc1cccc(C(=O)NC(C(=O)Nc2cccc(-c3csc(C)n3)c2)C(C)C)c1. The molecular formula is C23H25N3O2S. The standard InChI is InChI=1S/C23H25N3O2S/c1-14(2)21(26-22(27)18-9-5-7-15(3)11-18)23(28)25-19-10-6-8-17(12-19)20-13-29-16(4)24-20/h5-14,21H,1-4H3,(H,25,28)(H,26,27). The van der Waals surface area contributed by atoms with E-state index in [1.807, 2.05) is 75.5 Å². The first kappa shape index (κ1) is 20.7. The number of nitrogens with one attached hydrogen (secondary N) is 2. The molecule has 0 bridgehead atoms. The second-order valence-corrected chi connectivity index (χ2v) is 8.45. The Hall–Kier alpha value is -2.99. The largest absolute Gasteiger partial charge is 0.340 e. The molecule has 150 valence electrons. The van der Waals surface area contributed by atoms with Crippen LogP contribution in [0.3, 0.4) is 0 Å². The fraction of sp³-hybridized carbons (Fsp3) is 0.261. The van der Waals surface area contributed by atoms with Crippen molar-refractivity contribution in [1.82, 2.24) is 10.3 Å². The number of aryl methyl sites for hydroxylation is 2. The van der Waals surface area contributed by atoms with Crippen molar-refractivity contribution in [3.8, 4) is 11.3 Å². The van der Waals surface area contributed by atoms with E-state index in [9.17, 15) is 9.59 Å². The molecule has 2 amide bonds. The summed E-state index contributed by atoms with van der Waals surface area (Å²) in [6.45, 7) is 7.72. The number of anilines is 1. The monoisotopic (exact) mass is 407 g/mol. The maximum atomic E-state index is 12.9. The number of hydrogen-bond donors (Lipinski definition) is 2. The zero-order valence-electron chi connectivity index (χ0n) is 17.0. The van der Waals surface area contributed by atoms with Crippen molar-refractivity contribution in [2.24, 2.45) is 5.92 Å². The number of carbonyl (C=O) groups excluding carboxylic acids is 2. The predicted octanol–water partition coefficient (Wildman–Crippen LogP) is 4.82. The Kier molecular flexibility index (Phi) is 6.44. The first-order chi connectivity index (χ1) is 13.8. The van der Waals surface area contributed by atoms with E-state index in [1.165, 1.54) is 0 Å². The van der Waals surface area contributed by atoms with Crippen molar-refractivity contribution < 1.29 is 9.59 Å². The molecule has 0 aliphatic heterocycles. The van der Waals surface area contributed by atoms with Crippen LogP contribution in [0.15, 0.2) is 53.9 Å². The summed E-state index contributed by atoms with van der Waals surface area (Å²) in [7, 11) is 0. The molecule has 5 nitrogen and oxygen atoms in total. The third-order valence-corrected chi connectivity index (χ3v) is 5.33. The normalized spacial score (nSPS) is 11.9. The van der Waals surface area contributed by atoms with Gasteiger partial charge in [0.1, 0.15) is 6.04 Å². The summed E-state index contributed by atoms with van der Waals surface area (Å²) in [4.78, 5) is 30.0. The lowest BCUT2D eigenvalue weighted by molar-refractivity contribution is -0.118. The smallest absolute Gasteiger partial charge is 0.251 e. The third-order valence-electron chi connectivity index (χ3n) is 4.56. The van der Waals surface area contributed by atoms with Gasteiger partial charge < -0.3 is 10.6 Å². The summed E-state index contributed by atoms with van der Waals surface area (Å²) >= 11 is 1.59. The molecule has 0 saturated heterocycles. The van der Waals surface area contributed by atoms with Crippen molar-refractivity contribution in [3.05, 3.63) is 70.0 Å². The first-order valence-electron chi connectivity index (χ1n) is 9.54. The molecule has 0 aliphatic carbocycles. The lowest BCUT2D eigenvalue weighted by atomic mass is 10.0. The van der Waals surface area contributed by atoms with Crippen LogP contribution in [0.4, 0.5) is 5.69 Å². The lowest BCUT2D eigenvalue weighted by Crippen LogP contribution is -2.47. The van der Waals surface area contributed by atoms with Gasteiger partial charge in [-0.25, -0.2) is 4.98 Å². The average molecular weight is 408 g/mol. The van der Waals surface area contributed by atoms with Gasteiger partial charge >= 0.3 is 0 Å². The van der Waals surface area contributed by atoms with Gasteiger partial charge in [-0.05, 0) is 44.0 Å². The maximum Gasteiger partial charge on any atom is 0.251 e. The Balaban J connectivity index is 1.74. The van der Waals surface area contributed by atoms with Gasteiger partial charge in [0.25, 0.3) is 5.91 Å². The van der Waals surface area contributed by atoms with E-state index in [4.69, 9.17) is 0 Å². The van der Waals surface area contributed by atoms with Gasteiger partial charge in [-0.3, -0.25) is 9.59 Å². The molecule has 0 spiro atoms. The molecule has 6 heteroatoms. The molecule has 2 aromatic carbocycles. The zero-order chi connectivity index (χ0) is 21.0. The fourth-order valence-corrected chi connectivity index (χ4v) is 3.64. The number of aromatic nitrogens is 1. The van der Waals surface area contributed by atoms with Crippen LogP contribution in [0.1, 0.15) is 34.8 Å². The Morgan fingerprint density at radius 1 is 1.03 bits per heavy atom. The van der Waals surface area contributed by atoms with Crippen LogP contribution in [0.2, 0.25) is 0 Å². The number of thiazole rings is 1. The quantitative estimate of drug-likeness (QED) is 0.615. The van der Waals surface area contributed by atoms with E-state index in [-0.39, 0.29) is 17.7 Å². The van der Waals surface area contributed by atoms with Gasteiger partial charge in [-0.1, -0.05) is 43.7 Å². The lowest BCUT2D eigenvalue weighted by Gasteiger charge is -2.22. The summed E-state index contributed by atoms with van der Waals surface area (Å²) in [6.07, 6.45) is 0. The minimum Gasteiger partial charge on any atom is -0.340 e. The number of rotatable bonds is 6. The highest BCUT2D eigenvalue weighted by molar-refractivity contribution is 7.09. The highest BCUT2D eigenvalue weighted by Gasteiger charge is 2.25. The Morgan fingerprint density at radius 3 is 2.45 bits per heavy atom. The highest BCUT2D eigenvalue weighted by atomic mass is 32.1. The molecule has 0 fully saturated rings. The van der Waals surface area contributed by atoms with Crippen LogP contribution in [0.25, 0.3) is 11.3 Å². The molecule has 2 N–H and O–H groups in total. The van der Waals surface area contributed by atoms with Crippen molar-refractivity contribution in [3.63, 3.8) is 0 Å². The maximum absolute atomic E-state index is 12.9. The van der Waals surface area contributed by atoms with Crippen LogP contribution in [0.5, 0.6) is 0 Å². The number of nitrogens with zero attached hydrogens (tertiary/aromatic N) is 1. The first-order valence-corrected chi connectivity index (χ1v) is 10.4. The second kappa shape index (κ2) is 9.01. The van der Waals surface area contributed by atoms with Gasteiger partial charge in [0.05, 0.1) is 10.7 Å². The molecule has 3 rings (SSSR count). The molecule has 0 radical (unpaired) electrons. The minimum atomic E-state index is -0.645. The Bertz CT molecular complexity index is 1030.